The Morgan fingerprint density at radius 2 is 1.20 bits per heavy atom. The monoisotopic (exact) mass is 1080 g/mol. The van der Waals surface area contributed by atoms with Gasteiger partial charge in [-0.25, -0.2) is 4.98 Å². The van der Waals surface area contributed by atoms with Gasteiger partial charge < -0.3 is 19.1 Å². The first-order valence-electron chi connectivity index (χ1n) is 26.0. The summed E-state index contributed by atoms with van der Waals surface area (Å²) in [5, 5.41) is 1.76. The van der Waals surface area contributed by atoms with Crippen molar-refractivity contribution >= 4 is 44.6 Å². The number of aromatic nitrogens is 2. The second-order valence-corrected chi connectivity index (χ2v) is 19.4. The number of hydrogen-bond acceptors (Lipinski definition) is 4. The Hall–Kier alpha value is -7.20. The van der Waals surface area contributed by atoms with E-state index in [4.69, 9.17) is 15.2 Å². The molecule has 6 heteroatoms. The number of para-hydroxylation sites is 3. The van der Waals surface area contributed by atoms with E-state index in [1.54, 1.807) is 18.3 Å². The van der Waals surface area contributed by atoms with E-state index in [1.165, 1.54) is 5.56 Å². The molecular weight excluding hydrogens is 1020 g/mol. The van der Waals surface area contributed by atoms with E-state index in [1.807, 2.05) is 101 Å². The maximum atomic E-state index is 9.37. The van der Waals surface area contributed by atoms with E-state index in [2.05, 4.69) is 125 Å². The summed E-state index contributed by atoms with van der Waals surface area (Å²) in [5.74, 6) is 0.563. The number of fused-ring (bicyclic) bond motifs is 4. The third kappa shape index (κ3) is 8.55. The van der Waals surface area contributed by atoms with Crippen molar-refractivity contribution in [2.24, 2.45) is 0 Å². The van der Waals surface area contributed by atoms with Crippen LogP contribution in [0.25, 0.3) is 61.0 Å². The van der Waals surface area contributed by atoms with E-state index in [0.717, 1.165) is 66.7 Å². The van der Waals surface area contributed by atoms with Gasteiger partial charge >= 0.3 is 0 Å². The van der Waals surface area contributed by atoms with Crippen LogP contribution in [-0.4, -0.2) is 9.55 Å². The van der Waals surface area contributed by atoms with Crippen molar-refractivity contribution in [1.29, 1.82) is 0 Å². The molecule has 0 bridgehead atoms. The fourth-order valence-corrected chi connectivity index (χ4v) is 9.21. The van der Waals surface area contributed by atoms with E-state index < -0.39 is 6.85 Å². The van der Waals surface area contributed by atoms with Crippen LogP contribution in [0, 0.1) is 25.7 Å². The minimum absolute atomic E-state index is 0. The molecular formula is C63H53N4OPt-3. The van der Waals surface area contributed by atoms with Crippen molar-refractivity contribution in [2.45, 2.75) is 59.2 Å². The zero-order chi connectivity index (χ0) is 51.8. The van der Waals surface area contributed by atoms with Gasteiger partial charge in [0.05, 0.1) is 0 Å². The molecule has 1 aliphatic rings. The smallest absolute Gasteiger partial charge is 0.135 e. The van der Waals surface area contributed by atoms with Crippen LogP contribution < -0.4 is 14.5 Å². The van der Waals surface area contributed by atoms with Gasteiger partial charge in [0, 0.05) is 83.5 Å². The predicted molar refractivity (Wildman–Crippen MR) is 283 cm³/mol. The maximum absolute atomic E-state index is 9.37. The number of rotatable bonds is 8. The third-order valence-corrected chi connectivity index (χ3v) is 12.8. The molecule has 0 spiro atoms. The van der Waals surface area contributed by atoms with Gasteiger partial charge in [-0.05, 0) is 83.5 Å². The van der Waals surface area contributed by atoms with Crippen LogP contribution >= 0.6 is 0 Å². The van der Waals surface area contributed by atoms with Crippen LogP contribution in [0.5, 0.6) is 11.5 Å². The minimum atomic E-state index is -2.45. The number of benzene rings is 8. The zero-order valence-electron chi connectivity index (χ0n) is 45.3. The van der Waals surface area contributed by atoms with E-state index in [-0.39, 0.29) is 72.8 Å². The van der Waals surface area contributed by atoms with Gasteiger partial charge in [-0.3, -0.25) is 0 Å². The number of anilines is 4. The topological polar surface area (TPSA) is 33.5 Å². The van der Waals surface area contributed by atoms with E-state index >= 15 is 0 Å². The Morgan fingerprint density at radius 1 is 0.580 bits per heavy atom. The number of aryl methyl sites for hydroxylation is 1. The first-order valence-corrected chi connectivity index (χ1v) is 23.0. The van der Waals surface area contributed by atoms with Gasteiger partial charge in [0.1, 0.15) is 5.82 Å². The Kier molecular flexibility index (Phi) is 10.1. The van der Waals surface area contributed by atoms with Crippen LogP contribution in [0.1, 0.15) is 66.5 Å². The van der Waals surface area contributed by atoms with Crippen molar-refractivity contribution < 1.29 is 34.0 Å². The average Bonchev–Trinajstić information content (AvgIpc) is 3.94. The number of ether oxygens (including phenoxy) is 1. The summed E-state index contributed by atoms with van der Waals surface area (Å²) >= 11 is 0. The second-order valence-electron chi connectivity index (χ2n) is 19.4. The molecule has 5 nitrogen and oxygen atoms in total. The van der Waals surface area contributed by atoms with Crippen LogP contribution in [0.15, 0.2) is 188 Å². The Labute approximate surface area is 429 Å². The molecule has 0 radical (unpaired) electrons. The molecule has 1 aliphatic heterocycles. The van der Waals surface area contributed by atoms with Crippen molar-refractivity contribution in [3.8, 4) is 50.7 Å². The SMILES string of the molecule is [2H]c1c(Oc2[c-]c3c(cc2)c2cc(C(C)(C)C)ccc2n3-c2cc(C([2H])([2H])[2H])c(-c3ccccc3)cn2)[c-]c(N2[CH-]N(c3c(-c4ccccc4)cccc3-c3ccc(C(C)(C)C)cc3)c3ccccc32)c([2H])c1[2H].[Pt]. The van der Waals surface area contributed by atoms with Crippen molar-refractivity contribution in [3.63, 3.8) is 0 Å². The van der Waals surface area contributed by atoms with Crippen molar-refractivity contribution in [3.05, 3.63) is 224 Å². The standard InChI is InChI=1S/C63H53N4O.Pt/c1-42-36-60(64-40-55(42)44-20-12-9-13-21-44)67-56-35-32-47(63(5,6)7)37-54(56)53-34-33-50(39-59(53)67)68-49-23-16-22-48(38-49)65-41-66(58-27-15-14-26-57(58)65)61-51(43-18-10-8-11-19-43)24-17-25-52(61)45-28-30-46(31-29-45)62(2,3)4;/h8-37,40-41H,1-7H3;/q-3;/i1D3,16D,22D,23D;. The molecule has 69 heavy (non-hydrogen) atoms. The van der Waals surface area contributed by atoms with Crippen LogP contribution in [0.3, 0.4) is 0 Å². The van der Waals surface area contributed by atoms with Crippen LogP contribution in [-0.2, 0) is 31.9 Å². The minimum Gasteiger partial charge on any atom is -0.509 e. The van der Waals surface area contributed by atoms with E-state index in [0.29, 0.717) is 16.9 Å². The van der Waals surface area contributed by atoms with Crippen LogP contribution in [0.2, 0.25) is 0 Å². The molecule has 0 atom stereocenters. The summed E-state index contributed by atoms with van der Waals surface area (Å²) in [6, 6.07) is 60.2. The van der Waals surface area contributed by atoms with Crippen LogP contribution in [0.4, 0.5) is 22.7 Å². The predicted octanol–water partition coefficient (Wildman–Crippen LogP) is 16.9. The first-order chi connectivity index (χ1) is 35.3. The molecule has 0 amide bonds. The van der Waals surface area contributed by atoms with Gasteiger partial charge in [-0.15, -0.1) is 48.0 Å². The van der Waals surface area contributed by atoms with Gasteiger partial charge in [-0.2, -0.15) is 12.1 Å². The molecule has 8 aromatic carbocycles. The Bertz CT molecular complexity index is 3790. The summed E-state index contributed by atoms with van der Waals surface area (Å²) in [5.41, 5.74) is 11.9. The Morgan fingerprint density at radius 3 is 1.87 bits per heavy atom. The molecule has 0 N–H and O–H groups in total. The molecule has 11 rings (SSSR count). The first kappa shape index (κ1) is 38.7. The molecule has 0 unspecified atom stereocenters. The van der Waals surface area contributed by atoms with Gasteiger partial charge in [0.2, 0.25) is 0 Å². The summed E-state index contributed by atoms with van der Waals surface area (Å²) in [7, 11) is 0. The normalized spacial score (nSPS) is 14.1. The second kappa shape index (κ2) is 18.0. The fourth-order valence-electron chi connectivity index (χ4n) is 9.21. The summed E-state index contributed by atoms with van der Waals surface area (Å²) in [6.07, 6.45) is 1.62. The van der Waals surface area contributed by atoms with Crippen molar-refractivity contribution in [1.82, 2.24) is 9.55 Å². The molecule has 10 aromatic rings. The largest absolute Gasteiger partial charge is 0.509 e. The van der Waals surface area contributed by atoms with E-state index in [9.17, 15) is 2.74 Å². The summed E-state index contributed by atoms with van der Waals surface area (Å²) in [4.78, 5) is 8.90. The average molecular weight is 1080 g/mol. The number of hydrogen-bond donors (Lipinski definition) is 0. The molecule has 0 aliphatic carbocycles. The molecule has 3 heterocycles. The van der Waals surface area contributed by atoms with Gasteiger partial charge in [-0.1, -0.05) is 174 Å². The fraction of sp³-hybridized carbons (Fsp3) is 0.143. The van der Waals surface area contributed by atoms with Gasteiger partial charge in [0.25, 0.3) is 0 Å². The molecule has 344 valence electrons. The third-order valence-electron chi connectivity index (χ3n) is 12.8. The maximum Gasteiger partial charge on any atom is 0.135 e. The summed E-state index contributed by atoms with van der Waals surface area (Å²) in [6.45, 7) is 12.6. The van der Waals surface area contributed by atoms with Crippen molar-refractivity contribution in [2.75, 3.05) is 9.80 Å². The van der Waals surface area contributed by atoms with Gasteiger partial charge in [0.15, 0.2) is 0 Å². The molecule has 2 aromatic heterocycles. The Balaban J connectivity index is 0.00000641. The quantitative estimate of drug-likeness (QED) is 0.142. The zero-order valence-corrected chi connectivity index (χ0v) is 41.5. The molecule has 0 fully saturated rings. The molecule has 0 saturated carbocycles. The summed E-state index contributed by atoms with van der Waals surface area (Å²) < 4.78 is 62.1. The number of nitrogens with zero attached hydrogens (tertiary/aromatic N) is 4. The molecule has 0 saturated heterocycles. The number of pyridine rings is 1.